The van der Waals surface area contributed by atoms with Crippen LogP contribution in [0.5, 0.6) is 0 Å². The molecule has 0 spiro atoms. The maximum atomic E-state index is 12.3. The maximum Gasteiger partial charge on any atom is 0.326 e. The predicted octanol–water partition coefficient (Wildman–Crippen LogP) is 4.20. The molecule has 2 aromatic carbocycles. The van der Waals surface area contributed by atoms with E-state index in [1.54, 1.807) is 24.3 Å². The van der Waals surface area contributed by atoms with Crippen LogP contribution in [-0.4, -0.2) is 23.1 Å². The zero-order valence-electron chi connectivity index (χ0n) is 13.9. The third-order valence-corrected chi connectivity index (χ3v) is 4.91. The Morgan fingerprint density at radius 1 is 1.23 bits per heavy atom. The van der Waals surface area contributed by atoms with E-state index in [1.807, 2.05) is 19.1 Å². The second-order valence-electron chi connectivity index (χ2n) is 6.18. The Morgan fingerprint density at radius 2 is 1.88 bits per heavy atom. The molecular formula is C18H17Cl2N3O3. The first-order valence-electron chi connectivity index (χ1n) is 7.91. The summed E-state index contributed by atoms with van der Waals surface area (Å²) in [7, 11) is 0. The predicted molar refractivity (Wildman–Crippen MR) is 102 cm³/mol. The molecule has 3 rings (SSSR count). The van der Waals surface area contributed by atoms with E-state index in [2.05, 4.69) is 5.32 Å². The molecule has 0 aromatic heterocycles. The second kappa shape index (κ2) is 7.05. The summed E-state index contributed by atoms with van der Waals surface area (Å²) in [5, 5.41) is 13.1. The Bertz CT molecular complexity index is 871. The number of carboxylic acid groups (broad SMARTS) is 1. The van der Waals surface area contributed by atoms with Gasteiger partial charge in [-0.05, 0) is 31.2 Å². The smallest absolute Gasteiger partial charge is 0.326 e. The van der Waals surface area contributed by atoms with Gasteiger partial charge in [0.05, 0.1) is 6.04 Å². The largest absolute Gasteiger partial charge is 0.480 e. The van der Waals surface area contributed by atoms with E-state index in [-0.39, 0.29) is 6.42 Å². The minimum absolute atomic E-state index is 0.112. The van der Waals surface area contributed by atoms with E-state index < -0.39 is 24.1 Å². The number of urea groups is 1. The van der Waals surface area contributed by atoms with Crippen molar-refractivity contribution in [2.45, 2.75) is 25.4 Å². The van der Waals surface area contributed by atoms with Crippen LogP contribution in [0.4, 0.5) is 16.2 Å². The number of rotatable bonds is 3. The Labute approximate surface area is 160 Å². The van der Waals surface area contributed by atoms with Gasteiger partial charge in [-0.15, -0.1) is 0 Å². The summed E-state index contributed by atoms with van der Waals surface area (Å²) in [6.45, 7) is 1.93. The summed E-state index contributed by atoms with van der Waals surface area (Å²) >= 11 is 12.4. The van der Waals surface area contributed by atoms with E-state index in [0.29, 0.717) is 27.0 Å². The number of hydrogen-bond acceptors (Lipinski definition) is 3. The van der Waals surface area contributed by atoms with Crippen molar-refractivity contribution in [3.63, 3.8) is 0 Å². The van der Waals surface area contributed by atoms with Crippen molar-refractivity contribution in [2.24, 2.45) is 5.73 Å². The molecule has 0 radical (unpaired) electrons. The fraction of sp³-hybridized carbons (Fsp3) is 0.222. The van der Waals surface area contributed by atoms with Gasteiger partial charge in [0.2, 0.25) is 0 Å². The number of halogens is 2. The number of carbonyl (C=O) groups excluding carboxylic acids is 1. The minimum Gasteiger partial charge on any atom is -0.480 e. The number of carboxylic acids is 1. The minimum atomic E-state index is -1.04. The number of fused-ring (bicyclic) bond motifs is 1. The van der Waals surface area contributed by atoms with Crippen LogP contribution >= 0.6 is 23.2 Å². The second-order valence-corrected chi connectivity index (χ2v) is 7.02. The molecule has 4 N–H and O–H groups in total. The lowest BCUT2D eigenvalue weighted by atomic mass is 9.91. The SMILES string of the molecule is Cc1ccc(N(C(N)=O)C2CC(C(=O)O)Nc3cc(Cl)cc(Cl)c32)cc1. The zero-order chi connectivity index (χ0) is 19.0. The number of primary amides is 1. The van der Waals surface area contributed by atoms with Gasteiger partial charge in [-0.3, -0.25) is 4.90 Å². The number of nitrogens with zero attached hydrogens (tertiary/aromatic N) is 1. The number of nitrogens with one attached hydrogen (secondary N) is 1. The van der Waals surface area contributed by atoms with Crippen LogP contribution in [0.2, 0.25) is 10.0 Å². The normalized spacial score (nSPS) is 18.6. The lowest BCUT2D eigenvalue weighted by Gasteiger charge is -2.38. The van der Waals surface area contributed by atoms with Crippen molar-refractivity contribution in [3.8, 4) is 0 Å². The van der Waals surface area contributed by atoms with Crippen molar-refractivity contribution >= 4 is 46.6 Å². The van der Waals surface area contributed by atoms with Gasteiger partial charge < -0.3 is 16.2 Å². The number of carbonyl (C=O) groups is 2. The quantitative estimate of drug-likeness (QED) is 0.727. The van der Waals surface area contributed by atoms with Gasteiger partial charge in [0.25, 0.3) is 0 Å². The molecule has 1 aliphatic rings. The molecule has 0 bridgehead atoms. The van der Waals surface area contributed by atoms with Crippen molar-refractivity contribution in [1.82, 2.24) is 0 Å². The average Bonchev–Trinajstić information content (AvgIpc) is 2.55. The van der Waals surface area contributed by atoms with Gasteiger partial charge in [0.15, 0.2) is 0 Å². The van der Waals surface area contributed by atoms with Crippen LogP contribution in [0.15, 0.2) is 36.4 Å². The number of amides is 2. The lowest BCUT2D eigenvalue weighted by molar-refractivity contribution is -0.138. The van der Waals surface area contributed by atoms with Crippen LogP contribution in [0.1, 0.15) is 23.6 Å². The summed E-state index contributed by atoms with van der Waals surface area (Å²) in [6.07, 6.45) is 0.112. The fourth-order valence-electron chi connectivity index (χ4n) is 3.19. The van der Waals surface area contributed by atoms with E-state index in [4.69, 9.17) is 28.9 Å². The van der Waals surface area contributed by atoms with Crippen LogP contribution in [-0.2, 0) is 4.79 Å². The highest BCUT2D eigenvalue weighted by Gasteiger charge is 2.37. The molecule has 26 heavy (non-hydrogen) atoms. The number of hydrogen-bond donors (Lipinski definition) is 3. The van der Waals surface area contributed by atoms with Gasteiger partial charge in [-0.1, -0.05) is 40.9 Å². The molecule has 2 atom stereocenters. The Hall–Kier alpha value is -2.44. The summed E-state index contributed by atoms with van der Waals surface area (Å²) in [5.41, 5.74) is 8.30. The van der Waals surface area contributed by atoms with Crippen LogP contribution in [0.25, 0.3) is 0 Å². The number of aliphatic carboxylic acids is 1. The Balaban J connectivity index is 2.15. The standard InChI is InChI=1S/C18H17Cl2N3O3/c1-9-2-4-11(5-3-9)23(18(21)26)15-8-14(17(24)25)22-13-7-10(19)6-12(20)16(13)15/h2-7,14-15,22H,8H2,1H3,(H2,21,26)(H,24,25). The van der Waals surface area contributed by atoms with Crippen LogP contribution in [0, 0.1) is 6.92 Å². The van der Waals surface area contributed by atoms with Gasteiger partial charge in [0.1, 0.15) is 6.04 Å². The number of benzene rings is 2. The van der Waals surface area contributed by atoms with E-state index in [9.17, 15) is 14.7 Å². The Morgan fingerprint density at radius 3 is 2.46 bits per heavy atom. The fourth-order valence-corrected chi connectivity index (χ4v) is 3.81. The summed E-state index contributed by atoms with van der Waals surface area (Å²) in [4.78, 5) is 25.2. The molecule has 0 aliphatic carbocycles. The topological polar surface area (TPSA) is 95.7 Å². The zero-order valence-corrected chi connectivity index (χ0v) is 15.4. The third-order valence-electron chi connectivity index (χ3n) is 4.38. The molecule has 0 saturated carbocycles. The highest BCUT2D eigenvalue weighted by atomic mass is 35.5. The van der Waals surface area contributed by atoms with E-state index >= 15 is 0 Å². The summed E-state index contributed by atoms with van der Waals surface area (Å²) in [6, 6.07) is 8.15. The molecule has 2 amide bonds. The van der Waals surface area contributed by atoms with Gasteiger partial charge in [-0.25, -0.2) is 9.59 Å². The summed E-state index contributed by atoms with van der Waals surface area (Å²) < 4.78 is 0. The van der Waals surface area contributed by atoms with E-state index in [0.717, 1.165) is 5.56 Å². The van der Waals surface area contributed by atoms with Gasteiger partial charge >= 0.3 is 12.0 Å². The summed E-state index contributed by atoms with van der Waals surface area (Å²) in [5.74, 6) is -1.04. The van der Waals surface area contributed by atoms with Crippen LogP contribution in [0.3, 0.4) is 0 Å². The number of aryl methyl sites for hydroxylation is 1. The molecule has 0 fully saturated rings. The third kappa shape index (κ3) is 3.43. The Kier molecular flexibility index (Phi) is 4.98. The highest BCUT2D eigenvalue weighted by Crippen LogP contribution is 2.44. The number of anilines is 2. The highest BCUT2D eigenvalue weighted by molar-refractivity contribution is 6.35. The molecule has 1 heterocycles. The van der Waals surface area contributed by atoms with Crippen LogP contribution < -0.4 is 16.0 Å². The monoisotopic (exact) mass is 393 g/mol. The molecular weight excluding hydrogens is 377 g/mol. The molecule has 2 unspecified atom stereocenters. The van der Waals surface area contributed by atoms with Crippen molar-refractivity contribution in [2.75, 3.05) is 10.2 Å². The van der Waals surface area contributed by atoms with Gasteiger partial charge in [0, 0.05) is 33.4 Å². The van der Waals surface area contributed by atoms with E-state index in [1.165, 1.54) is 4.90 Å². The molecule has 136 valence electrons. The number of nitrogens with two attached hydrogens (primary N) is 1. The average molecular weight is 394 g/mol. The first-order valence-corrected chi connectivity index (χ1v) is 8.67. The molecule has 8 heteroatoms. The van der Waals surface area contributed by atoms with Crippen molar-refractivity contribution in [1.29, 1.82) is 0 Å². The van der Waals surface area contributed by atoms with Crippen molar-refractivity contribution < 1.29 is 14.7 Å². The maximum absolute atomic E-state index is 12.3. The first kappa shape index (κ1) is 18.4. The van der Waals surface area contributed by atoms with Gasteiger partial charge in [-0.2, -0.15) is 0 Å². The lowest BCUT2D eigenvalue weighted by Crippen LogP contribution is -2.45. The molecule has 6 nitrogen and oxygen atoms in total. The first-order chi connectivity index (χ1) is 12.3. The van der Waals surface area contributed by atoms with Crippen molar-refractivity contribution in [3.05, 3.63) is 57.6 Å². The molecule has 1 aliphatic heterocycles. The molecule has 0 saturated heterocycles. The molecule has 2 aromatic rings.